The van der Waals surface area contributed by atoms with E-state index in [-0.39, 0.29) is 6.04 Å². The summed E-state index contributed by atoms with van der Waals surface area (Å²) < 4.78 is 0. The molecule has 0 radical (unpaired) electrons. The van der Waals surface area contributed by atoms with Crippen LogP contribution in [0.25, 0.3) is 106 Å². The van der Waals surface area contributed by atoms with E-state index >= 15 is 0 Å². The van der Waals surface area contributed by atoms with E-state index in [9.17, 15) is 0 Å². The lowest BCUT2D eigenvalue weighted by Crippen LogP contribution is -2.23. The summed E-state index contributed by atoms with van der Waals surface area (Å²) in [7, 11) is 0. The van der Waals surface area contributed by atoms with Gasteiger partial charge in [0.15, 0.2) is 17.5 Å². The van der Waals surface area contributed by atoms with Crippen LogP contribution in [0.1, 0.15) is 17.3 Å². The van der Waals surface area contributed by atoms with Gasteiger partial charge in [-0.15, -0.1) is 0 Å². The third-order valence-electron chi connectivity index (χ3n) is 11.8. The molecule has 0 spiro atoms. The average Bonchev–Trinajstić information content (AvgIpc) is 3.33. The molecule has 0 amide bonds. The van der Waals surface area contributed by atoms with Crippen LogP contribution >= 0.6 is 0 Å². The van der Waals surface area contributed by atoms with Gasteiger partial charge in [-0.3, -0.25) is 15.0 Å². The Balaban J connectivity index is 1.04. The van der Waals surface area contributed by atoms with Crippen molar-refractivity contribution in [2.45, 2.75) is 6.04 Å². The van der Waals surface area contributed by atoms with E-state index in [0.29, 0.717) is 17.5 Å². The van der Waals surface area contributed by atoms with Gasteiger partial charge in [-0.2, -0.15) is 0 Å². The van der Waals surface area contributed by atoms with Crippen LogP contribution in [0.3, 0.4) is 0 Å². The summed E-state index contributed by atoms with van der Waals surface area (Å²) in [6.07, 6.45) is 16.2. The number of fused-ring (bicyclic) bond motifs is 8. The van der Waals surface area contributed by atoms with Crippen LogP contribution in [0.2, 0.25) is 0 Å². The van der Waals surface area contributed by atoms with Gasteiger partial charge in [-0.25, -0.2) is 15.0 Å². The smallest absolute Gasteiger partial charge is 0.164 e. The normalized spacial score (nSPS) is 14.3. The Bertz CT molecular complexity index is 3480. The molecule has 0 bridgehead atoms. The SMILES string of the molecule is C1=CNC2C(=C1)C=Cc1c(-c3cccc4c(-c5nc(-c6ccccc6)nc(-c6cccc7c(-c8ccnc9c8ccc8cccnc89)cccc67)n5)cccc34)ccnc12. The van der Waals surface area contributed by atoms with Crippen LogP contribution in [0.4, 0.5) is 0 Å². The first-order chi connectivity index (χ1) is 29.8. The second kappa shape index (κ2) is 13.7. The minimum absolute atomic E-state index is 0.0207. The molecular formula is C53H33N7. The number of hydrogen-bond acceptors (Lipinski definition) is 7. The van der Waals surface area contributed by atoms with Gasteiger partial charge in [0.1, 0.15) is 0 Å². The molecule has 60 heavy (non-hydrogen) atoms. The Kier molecular flexibility index (Phi) is 7.78. The molecule has 10 aromatic rings. The van der Waals surface area contributed by atoms with Crippen LogP contribution in [-0.4, -0.2) is 29.9 Å². The van der Waals surface area contributed by atoms with Gasteiger partial charge in [0.05, 0.1) is 22.8 Å². The minimum Gasteiger partial charge on any atom is -0.379 e. The van der Waals surface area contributed by atoms with Crippen LogP contribution in [0.5, 0.6) is 0 Å². The van der Waals surface area contributed by atoms with Crippen molar-refractivity contribution < 1.29 is 0 Å². The molecule has 1 N–H and O–H groups in total. The third-order valence-corrected chi connectivity index (χ3v) is 11.8. The lowest BCUT2D eigenvalue weighted by molar-refractivity contribution is 0.690. The second-order valence-corrected chi connectivity index (χ2v) is 15.1. The Morgan fingerprint density at radius 2 is 1.03 bits per heavy atom. The molecule has 0 saturated heterocycles. The molecule has 5 heterocycles. The standard InChI is InChI=1S/C53H33N7/c1-2-10-34(11-3-1)51-58-52(45-20-6-16-35-37(14-4-18-39(35)45)41-26-30-56-49-43(41)24-22-32-12-8-28-54-47(32)49)60-53(59-51)46-21-7-17-36-38(15-5-19-40(36)46)42-27-31-57-50-44(42)25-23-33-13-9-29-55-48(33)50/h1-31,47,54H. The fourth-order valence-electron chi connectivity index (χ4n) is 9.00. The summed E-state index contributed by atoms with van der Waals surface area (Å²) in [5, 5.41) is 9.94. The molecular weight excluding hydrogens is 735 g/mol. The average molecular weight is 768 g/mol. The Labute approximate surface area is 345 Å². The van der Waals surface area contributed by atoms with Gasteiger partial charge in [-0.05, 0) is 79.8 Å². The van der Waals surface area contributed by atoms with Crippen LogP contribution in [-0.2, 0) is 0 Å². The van der Waals surface area contributed by atoms with Crippen molar-refractivity contribution in [1.29, 1.82) is 0 Å². The lowest BCUT2D eigenvalue weighted by Gasteiger charge is -2.27. The zero-order valence-corrected chi connectivity index (χ0v) is 32.2. The molecule has 7 nitrogen and oxygen atoms in total. The molecule has 1 atom stereocenters. The predicted octanol–water partition coefficient (Wildman–Crippen LogP) is 12.1. The summed E-state index contributed by atoms with van der Waals surface area (Å²) in [4.78, 5) is 30.1. The highest BCUT2D eigenvalue weighted by Gasteiger charge is 2.26. The lowest BCUT2D eigenvalue weighted by atomic mass is 9.86. The van der Waals surface area contributed by atoms with Gasteiger partial charge in [0, 0.05) is 51.6 Å². The number of hydrogen-bond donors (Lipinski definition) is 1. The molecule has 7 heteroatoms. The van der Waals surface area contributed by atoms with E-state index in [0.717, 1.165) is 93.6 Å². The number of allylic oxidation sites excluding steroid dienone is 2. The highest BCUT2D eigenvalue weighted by Crippen LogP contribution is 2.42. The van der Waals surface area contributed by atoms with Crippen molar-refractivity contribution in [1.82, 2.24) is 35.2 Å². The first kappa shape index (κ1) is 33.9. The molecule has 0 fully saturated rings. The van der Waals surface area contributed by atoms with Crippen molar-refractivity contribution in [2.24, 2.45) is 0 Å². The number of nitrogens with zero attached hydrogens (tertiary/aromatic N) is 6. The van der Waals surface area contributed by atoms with Crippen LogP contribution in [0.15, 0.2) is 188 Å². The van der Waals surface area contributed by atoms with Crippen LogP contribution < -0.4 is 5.32 Å². The van der Waals surface area contributed by atoms with Crippen LogP contribution in [0, 0.1) is 0 Å². The van der Waals surface area contributed by atoms with Crippen molar-refractivity contribution in [3.63, 3.8) is 0 Å². The third kappa shape index (κ3) is 5.44. The molecule has 280 valence electrons. The molecule has 1 aliphatic carbocycles. The molecule has 1 aliphatic heterocycles. The van der Waals surface area contributed by atoms with Gasteiger partial charge in [0.2, 0.25) is 0 Å². The first-order valence-electron chi connectivity index (χ1n) is 20.1. The fraction of sp³-hybridized carbons (Fsp3) is 0.0189. The van der Waals surface area contributed by atoms with Gasteiger partial charge in [-0.1, -0.05) is 140 Å². The Hall–Kier alpha value is -8.16. The maximum Gasteiger partial charge on any atom is 0.164 e. The van der Waals surface area contributed by atoms with Gasteiger partial charge in [0.25, 0.3) is 0 Å². The molecule has 12 rings (SSSR count). The quantitative estimate of drug-likeness (QED) is 0.174. The monoisotopic (exact) mass is 767 g/mol. The van der Waals surface area contributed by atoms with E-state index in [4.69, 9.17) is 29.9 Å². The molecule has 2 aliphatic rings. The summed E-state index contributed by atoms with van der Waals surface area (Å²) in [6.45, 7) is 0. The van der Waals surface area contributed by atoms with Gasteiger partial charge >= 0.3 is 0 Å². The van der Waals surface area contributed by atoms with E-state index < -0.39 is 0 Å². The zero-order chi connectivity index (χ0) is 39.6. The summed E-state index contributed by atoms with van der Waals surface area (Å²) in [5.41, 5.74) is 12.4. The minimum atomic E-state index is 0.0207. The van der Waals surface area contributed by atoms with Crippen molar-refractivity contribution in [3.8, 4) is 56.4 Å². The van der Waals surface area contributed by atoms with E-state index in [1.807, 2.05) is 55.1 Å². The first-order valence-corrected chi connectivity index (χ1v) is 20.1. The van der Waals surface area contributed by atoms with Crippen molar-refractivity contribution in [3.05, 3.63) is 199 Å². The molecule has 1 unspecified atom stereocenters. The maximum absolute atomic E-state index is 5.32. The van der Waals surface area contributed by atoms with Gasteiger partial charge < -0.3 is 5.32 Å². The number of pyridine rings is 3. The molecule has 0 saturated carbocycles. The van der Waals surface area contributed by atoms with E-state index in [2.05, 4.69) is 139 Å². The number of nitrogens with one attached hydrogen (secondary N) is 1. The molecule has 4 aromatic heterocycles. The summed E-state index contributed by atoms with van der Waals surface area (Å²) in [5.74, 6) is 1.83. The maximum atomic E-state index is 5.32. The van der Waals surface area contributed by atoms with Crippen molar-refractivity contribution >= 4 is 49.4 Å². The highest BCUT2D eigenvalue weighted by molar-refractivity contribution is 6.13. The Morgan fingerprint density at radius 1 is 0.417 bits per heavy atom. The predicted molar refractivity (Wildman–Crippen MR) is 243 cm³/mol. The number of aromatic nitrogens is 6. The fourth-order valence-corrected chi connectivity index (χ4v) is 9.00. The number of rotatable bonds is 5. The number of benzene rings is 6. The van der Waals surface area contributed by atoms with E-state index in [1.165, 1.54) is 5.57 Å². The molecule has 6 aromatic carbocycles. The van der Waals surface area contributed by atoms with E-state index in [1.54, 1.807) is 0 Å². The highest BCUT2D eigenvalue weighted by atomic mass is 15.0. The largest absolute Gasteiger partial charge is 0.379 e. The summed E-state index contributed by atoms with van der Waals surface area (Å²) >= 11 is 0. The van der Waals surface area contributed by atoms with Crippen molar-refractivity contribution in [2.75, 3.05) is 0 Å². The second-order valence-electron chi connectivity index (χ2n) is 15.1. The number of dihydropyridines is 1. The topological polar surface area (TPSA) is 89.4 Å². The summed E-state index contributed by atoms with van der Waals surface area (Å²) in [6, 6.07) is 48.5. The Morgan fingerprint density at radius 3 is 1.78 bits per heavy atom. The zero-order valence-electron chi connectivity index (χ0n) is 32.2.